The predicted molar refractivity (Wildman–Crippen MR) is 151 cm³/mol. The Hall–Kier alpha value is -3.20. The fourth-order valence-corrected chi connectivity index (χ4v) is 5.82. The number of aromatic hydroxyl groups is 1. The average Bonchev–Trinajstić information content (AvgIpc) is 3.20. The number of rotatable bonds is 9. The van der Waals surface area contributed by atoms with Crippen molar-refractivity contribution < 1.29 is 43.2 Å². The molecule has 9 heteroatoms. The van der Waals surface area contributed by atoms with Crippen molar-refractivity contribution in [1.82, 2.24) is 0 Å². The molecule has 2 aliphatic rings. The van der Waals surface area contributed by atoms with Crippen molar-refractivity contribution in [2.45, 2.75) is 104 Å². The number of phenols is 1. The number of benzene rings is 1. The minimum Gasteiger partial charge on any atom is -0.508 e. The molecular weight excluding hydrogens is 528 g/mol. The van der Waals surface area contributed by atoms with Crippen LogP contribution in [-0.2, 0) is 38.1 Å². The minimum absolute atomic E-state index is 0.0102. The van der Waals surface area contributed by atoms with Crippen molar-refractivity contribution in [2.24, 2.45) is 17.3 Å². The number of allylic oxidation sites excluding steroid dienone is 1. The molecule has 3 rings (SSSR count). The first-order valence-corrected chi connectivity index (χ1v) is 14.3. The maximum absolute atomic E-state index is 13.6. The highest BCUT2D eigenvalue weighted by Crippen LogP contribution is 2.36. The van der Waals surface area contributed by atoms with E-state index in [-0.39, 0.29) is 61.1 Å². The van der Waals surface area contributed by atoms with Crippen molar-refractivity contribution in [3.63, 3.8) is 0 Å². The van der Waals surface area contributed by atoms with Crippen LogP contribution in [0.25, 0.3) is 0 Å². The molecule has 9 nitrogen and oxygen atoms in total. The van der Waals surface area contributed by atoms with E-state index in [1.807, 2.05) is 19.9 Å². The van der Waals surface area contributed by atoms with E-state index < -0.39 is 35.7 Å². The second-order valence-electron chi connectivity index (χ2n) is 12.3. The third-order valence-corrected chi connectivity index (χ3v) is 8.21. The van der Waals surface area contributed by atoms with E-state index >= 15 is 0 Å². The highest BCUT2D eigenvalue weighted by Gasteiger charge is 2.39. The van der Waals surface area contributed by atoms with Gasteiger partial charge in [-0.1, -0.05) is 31.6 Å². The Morgan fingerprint density at radius 2 is 1.83 bits per heavy atom. The second kappa shape index (κ2) is 13.6. The number of methoxy groups -OCH3 is 1. The highest BCUT2D eigenvalue weighted by atomic mass is 16.6. The lowest BCUT2D eigenvalue weighted by Gasteiger charge is -2.35. The van der Waals surface area contributed by atoms with E-state index in [4.69, 9.17) is 18.9 Å². The van der Waals surface area contributed by atoms with Crippen LogP contribution < -0.4 is 0 Å². The van der Waals surface area contributed by atoms with Crippen molar-refractivity contribution in [1.29, 1.82) is 0 Å². The average molecular weight is 573 g/mol. The van der Waals surface area contributed by atoms with Crippen LogP contribution >= 0.6 is 0 Å². The SMILES string of the molecule is CO[C@@H](CC[C@H](C)[C@H]1OC(=O)C(C)(C)C/C(C)=C(/CC(=O)O[C@@H]2CC(=O)O[C@@H]2C)C(=O)C[C@@H]1C)c1cccc(O)c1. The summed E-state index contributed by atoms with van der Waals surface area (Å²) in [7, 11) is 1.62. The van der Waals surface area contributed by atoms with Crippen molar-refractivity contribution in [2.75, 3.05) is 7.11 Å². The Balaban J connectivity index is 1.77. The summed E-state index contributed by atoms with van der Waals surface area (Å²) in [6, 6.07) is 6.94. The molecule has 0 amide bonds. The molecule has 1 aromatic rings. The number of cyclic esters (lactones) is 2. The molecule has 2 heterocycles. The van der Waals surface area contributed by atoms with Gasteiger partial charge in [-0.15, -0.1) is 0 Å². The Bertz CT molecular complexity index is 1170. The summed E-state index contributed by atoms with van der Waals surface area (Å²) in [5.41, 5.74) is 0.920. The summed E-state index contributed by atoms with van der Waals surface area (Å²) in [5.74, 6) is -1.80. The van der Waals surface area contributed by atoms with E-state index in [0.717, 1.165) is 5.56 Å². The van der Waals surface area contributed by atoms with Crippen LogP contribution in [0.15, 0.2) is 35.4 Å². The number of hydrogen-bond acceptors (Lipinski definition) is 9. The van der Waals surface area contributed by atoms with E-state index in [1.54, 1.807) is 53.0 Å². The molecular formula is C32H44O9. The van der Waals surface area contributed by atoms with Crippen LogP contribution in [-0.4, -0.2) is 54.2 Å². The lowest BCUT2D eigenvalue weighted by atomic mass is 9.79. The van der Waals surface area contributed by atoms with E-state index in [0.29, 0.717) is 24.0 Å². The zero-order valence-corrected chi connectivity index (χ0v) is 25.2. The summed E-state index contributed by atoms with van der Waals surface area (Å²) >= 11 is 0. The quantitative estimate of drug-likeness (QED) is 0.306. The summed E-state index contributed by atoms with van der Waals surface area (Å²) in [6.45, 7) is 10.9. The van der Waals surface area contributed by atoms with Gasteiger partial charge in [0, 0.05) is 25.0 Å². The third kappa shape index (κ3) is 8.41. The van der Waals surface area contributed by atoms with Gasteiger partial charge in [-0.05, 0) is 70.6 Å². The van der Waals surface area contributed by atoms with Gasteiger partial charge in [-0.25, -0.2) is 0 Å². The number of phenolic OH excluding ortho intramolecular Hbond substituents is 1. The lowest BCUT2D eigenvalue weighted by Crippen LogP contribution is -2.39. The van der Waals surface area contributed by atoms with Gasteiger partial charge in [0.15, 0.2) is 5.78 Å². The Morgan fingerprint density at radius 3 is 2.44 bits per heavy atom. The first-order chi connectivity index (χ1) is 19.2. The minimum atomic E-state index is -0.925. The molecule has 0 spiro atoms. The Morgan fingerprint density at radius 1 is 1.12 bits per heavy atom. The molecule has 1 aromatic carbocycles. The predicted octanol–water partition coefficient (Wildman–Crippen LogP) is 5.39. The van der Waals surface area contributed by atoms with Crippen LogP contribution in [0.3, 0.4) is 0 Å². The summed E-state index contributed by atoms with van der Waals surface area (Å²) < 4.78 is 22.3. The summed E-state index contributed by atoms with van der Waals surface area (Å²) in [4.78, 5) is 51.4. The molecule has 41 heavy (non-hydrogen) atoms. The molecule has 0 bridgehead atoms. The maximum Gasteiger partial charge on any atom is 0.312 e. The zero-order chi connectivity index (χ0) is 30.5. The number of carbonyl (C=O) groups excluding carboxylic acids is 4. The van der Waals surface area contributed by atoms with Crippen molar-refractivity contribution >= 4 is 23.7 Å². The fourth-order valence-electron chi connectivity index (χ4n) is 5.82. The van der Waals surface area contributed by atoms with Gasteiger partial charge in [0.25, 0.3) is 0 Å². The van der Waals surface area contributed by atoms with Gasteiger partial charge in [-0.2, -0.15) is 0 Å². The topological polar surface area (TPSA) is 125 Å². The van der Waals surface area contributed by atoms with Gasteiger partial charge in [-0.3, -0.25) is 19.2 Å². The Labute approximate surface area is 242 Å². The van der Waals surface area contributed by atoms with Gasteiger partial charge in [0.1, 0.15) is 24.1 Å². The normalized spacial score (nSPS) is 28.4. The molecule has 0 saturated carbocycles. The zero-order valence-electron chi connectivity index (χ0n) is 25.2. The molecule has 0 aliphatic carbocycles. The molecule has 2 aliphatic heterocycles. The van der Waals surface area contributed by atoms with Gasteiger partial charge in [0.2, 0.25) is 0 Å². The highest BCUT2D eigenvalue weighted by molar-refractivity contribution is 6.00. The second-order valence-corrected chi connectivity index (χ2v) is 12.3. The molecule has 0 unspecified atom stereocenters. The van der Waals surface area contributed by atoms with Crippen LogP contribution in [0.2, 0.25) is 0 Å². The molecule has 0 radical (unpaired) electrons. The van der Waals surface area contributed by atoms with E-state index in [1.165, 1.54) is 0 Å². The van der Waals surface area contributed by atoms with Gasteiger partial charge in [0.05, 0.1) is 24.4 Å². The summed E-state index contributed by atoms with van der Waals surface area (Å²) in [5, 5.41) is 9.88. The third-order valence-electron chi connectivity index (χ3n) is 8.21. The van der Waals surface area contributed by atoms with Crippen LogP contribution in [0.5, 0.6) is 5.75 Å². The molecule has 0 aromatic heterocycles. The lowest BCUT2D eigenvalue weighted by molar-refractivity contribution is -0.166. The number of Topliss-reactive ketones (excluding diaryl/α,β-unsaturated/α-hetero) is 1. The maximum atomic E-state index is 13.6. The smallest absolute Gasteiger partial charge is 0.312 e. The molecule has 1 fully saturated rings. The summed E-state index contributed by atoms with van der Waals surface area (Å²) in [6.07, 6.45) is -0.616. The number of hydrogen-bond donors (Lipinski definition) is 1. The molecule has 6 atom stereocenters. The van der Waals surface area contributed by atoms with Crippen LogP contribution in [0.4, 0.5) is 0 Å². The largest absolute Gasteiger partial charge is 0.508 e. The van der Waals surface area contributed by atoms with Crippen molar-refractivity contribution in [3.8, 4) is 5.75 Å². The number of ether oxygens (including phenoxy) is 4. The first-order valence-electron chi connectivity index (χ1n) is 14.3. The van der Waals surface area contributed by atoms with Gasteiger partial charge >= 0.3 is 17.9 Å². The first kappa shape index (κ1) is 32.3. The van der Waals surface area contributed by atoms with E-state index in [9.17, 15) is 24.3 Å². The molecule has 1 saturated heterocycles. The van der Waals surface area contributed by atoms with Gasteiger partial charge < -0.3 is 24.1 Å². The molecule has 226 valence electrons. The van der Waals surface area contributed by atoms with E-state index in [2.05, 4.69) is 0 Å². The standard InChI is InChI=1S/C32H44O9/c1-18(11-12-26(38-7)22-9-8-10-23(33)14-22)30-19(2)13-25(34)24(20(3)17-32(5,6)31(37)41-30)15-28(35)40-27-16-29(36)39-21(27)4/h8-10,14,18-19,21,26-27,30,33H,11-13,15-17H2,1-7H3/b24-20-/t18-,19-,21+,26-,27+,30+/m0/s1. The monoisotopic (exact) mass is 572 g/mol. The fraction of sp³-hybridized carbons (Fsp3) is 0.625. The molecule has 1 N–H and O–H groups in total. The number of ketones is 1. The number of carbonyl (C=O) groups is 4. The van der Waals surface area contributed by atoms with Crippen LogP contribution in [0, 0.1) is 17.3 Å². The Kier molecular flexibility index (Phi) is 10.8. The number of esters is 3. The van der Waals surface area contributed by atoms with Crippen molar-refractivity contribution in [3.05, 3.63) is 41.0 Å². The van der Waals surface area contributed by atoms with Crippen LogP contribution in [0.1, 0.15) is 91.7 Å².